The summed E-state index contributed by atoms with van der Waals surface area (Å²) in [5.74, 6) is -0.316. The molecule has 5 heterocycles. The molecule has 0 amide bonds. The number of phenols is 1. The Hall–Kier alpha value is -4.30. The first-order valence-corrected chi connectivity index (χ1v) is 14.1. The van der Waals surface area contributed by atoms with Crippen molar-refractivity contribution in [3.63, 3.8) is 0 Å². The van der Waals surface area contributed by atoms with Crippen LogP contribution >= 0.6 is 0 Å². The van der Waals surface area contributed by atoms with E-state index in [0.29, 0.717) is 34.9 Å². The van der Waals surface area contributed by atoms with Crippen molar-refractivity contribution in [3.05, 3.63) is 51.6 Å². The lowest BCUT2D eigenvalue weighted by atomic mass is 9.95. The highest BCUT2D eigenvalue weighted by molar-refractivity contribution is 6.03. The minimum absolute atomic E-state index is 0.0823. The molecule has 0 saturated carbocycles. The number of benzene rings is 2. The average molecular weight is 576 g/mol. The normalized spacial score (nSPS) is 21.5. The first-order chi connectivity index (χ1) is 20.2. The van der Waals surface area contributed by atoms with Gasteiger partial charge in [0.05, 0.1) is 18.2 Å². The highest BCUT2D eigenvalue weighted by Gasteiger charge is 2.35. The number of fused-ring (bicyclic) bond motifs is 3. The largest absolute Gasteiger partial charge is 0.508 e. The van der Waals surface area contributed by atoms with Crippen LogP contribution in [0.15, 0.2) is 33.5 Å². The number of nitrogens with zero attached hydrogens (tertiary/aromatic N) is 5. The van der Waals surface area contributed by atoms with Gasteiger partial charge in [0.1, 0.15) is 35.0 Å². The summed E-state index contributed by atoms with van der Waals surface area (Å²) in [7, 11) is 1.44. The second-order valence-electron chi connectivity index (χ2n) is 11.2. The number of hydrogen-bond donors (Lipinski definition) is 1. The molecule has 11 heteroatoms. The molecule has 3 unspecified atom stereocenters. The van der Waals surface area contributed by atoms with E-state index in [1.54, 1.807) is 6.92 Å². The van der Waals surface area contributed by atoms with Crippen LogP contribution in [0.5, 0.6) is 11.8 Å². The van der Waals surface area contributed by atoms with Gasteiger partial charge in [-0.3, -0.25) is 4.90 Å². The maximum absolute atomic E-state index is 14.5. The molecule has 0 spiro atoms. The number of alkyl halides is 1. The van der Waals surface area contributed by atoms with Crippen molar-refractivity contribution in [2.75, 3.05) is 31.6 Å². The molecule has 2 aromatic carbocycles. The quantitative estimate of drug-likeness (QED) is 0.351. The molecule has 2 aromatic heterocycles. The lowest BCUT2D eigenvalue weighted by Gasteiger charge is -2.40. The predicted molar refractivity (Wildman–Crippen MR) is 154 cm³/mol. The third-order valence-corrected chi connectivity index (χ3v) is 8.61. The van der Waals surface area contributed by atoms with Gasteiger partial charge in [0.2, 0.25) is 0 Å². The standard InChI is InChI=1S/C24H19FN4O4.C7H12FN/c1-11-6-7-29(11)22-19-20(27-24(28-22)32-3)12(2)21(33-23(19)31)15-9-14(30)8-13-4-5-17(25)16(10-26)18(13)15;8-6-4-7-2-1-3-9(7)5-6/h4-5,8-9,11,30H,6-7H2,1-3H3;6-7H,1-5H2. The van der Waals surface area contributed by atoms with Crippen LogP contribution in [0, 0.1) is 24.1 Å². The van der Waals surface area contributed by atoms with E-state index in [-0.39, 0.29) is 45.5 Å². The third-order valence-electron chi connectivity index (χ3n) is 8.61. The Morgan fingerprint density at radius 3 is 2.67 bits per heavy atom. The molecule has 0 radical (unpaired) electrons. The molecule has 4 aromatic rings. The van der Waals surface area contributed by atoms with Crippen molar-refractivity contribution in [2.45, 2.75) is 57.8 Å². The van der Waals surface area contributed by atoms with E-state index < -0.39 is 17.6 Å². The molecule has 3 atom stereocenters. The summed E-state index contributed by atoms with van der Waals surface area (Å²) in [6.07, 6.45) is 3.78. The van der Waals surface area contributed by atoms with Crippen molar-refractivity contribution in [2.24, 2.45) is 0 Å². The Morgan fingerprint density at radius 2 is 2.00 bits per heavy atom. The molecule has 7 rings (SSSR count). The van der Waals surface area contributed by atoms with Crippen LogP contribution in [0.4, 0.5) is 14.6 Å². The molecular formula is C31H31F2N5O4. The molecule has 3 fully saturated rings. The van der Waals surface area contributed by atoms with Crippen molar-refractivity contribution >= 4 is 27.5 Å². The highest BCUT2D eigenvalue weighted by Crippen LogP contribution is 2.40. The monoisotopic (exact) mass is 575 g/mol. The summed E-state index contributed by atoms with van der Waals surface area (Å²) in [4.78, 5) is 26.3. The Morgan fingerprint density at radius 1 is 1.19 bits per heavy atom. The van der Waals surface area contributed by atoms with E-state index in [4.69, 9.17) is 9.15 Å². The first-order valence-electron chi connectivity index (χ1n) is 14.1. The first kappa shape index (κ1) is 27.8. The number of aromatic hydroxyl groups is 1. The number of methoxy groups -OCH3 is 1. The van der Waals surface area contributed by atoms with Crippen molar-refractivity contribution in [3.8, 4) is 29.2 Å². The van der Waals surface area contributed by atoms with Crippen LogP contribution in [-0.4, -0.2) is 65.0 Å². The number of rotatable bonds is 3. The van der Waals surface area contributed by atoms with Gasteiger partial charge in [-0.15, -0.1) is 0 Å². The molecule has 3 aliphatic heterocycles. The Kier molecular flexibility index (Phi) is 7.19. The summed E-state index contributed by atoms with van der Waals surface area (Å²) in [5, 5.41) is 20.8. The van der Waals surface area contributed by atoms with Gasteiger partial charge in [-0.2, -0.15) is 15.2 Å². The zero-order valence-electron chi connectivity index (χ0n) is 23.7. The number of aryl methyl sites for hydroxylation is 1. The number of aromatic nitrogens is 2. The van der Waals surface area contributed by atoms with Crippen molar-refractivity contribution < 1.29 is 23.0 Å². The van der Waals surface area contributed by atoms with Crippen LogP contribution in [0.25, 0.3) is 33.0 Å². The third kappa shape index (κ3) is 4.69. The van der Waals surface area contributed by atoms with Crippen LogP contribution in [0.1, 0.15) is 43.7 Å². The molecule has 3 aliphatic rings. The van der Waals surface area contributed by atoms with Crippen molar-refractivity contribution in [1.29, 1.82) is 5.26 Å². The number of anilines is 1. The maximum atomic E-state index is 14.5. The molecule has 3 saturated heterocycles. The molecule has 9 nitrogen and oxygen atoms in total. The SMILES string of the molecule is COc1nc(N2CCC2C)c2c(=O)oc(-c3cc(O)cc4ccc(F)c(C#N)c34)c(C)c2n1.FC1CC2CCCN2C1. The number of ether oxygens (including phenoxy) is 1. The number of phenolic OH excluding ortho intramolecular Hbond substituents is 1. The molecule has 42 heavy (non-hydrogen) atoms. The smallest absolute Gasteiger partial charge is 0.349 e. The fourth-order valence-corrected chi connectivity index (χ4v) is 6.34. The van der Waals surface area contributed by atoms with Gasteiger partial charge in [0, 0.05) is 41.7 Å². The highest BCUT2D eigenvalue weighted by atomic mass is 19.1. The van der Waals surface area contributed by atoms with Gasteiger partial charge in [0.25, 0.3) is 0 Å². The minimum Gasteiger partial charge on any atom is -0.508 e. The van der Waals surface area contributed by atoms with Gasteiger partial charge in [-0.1, -0.05) is 6.07 Å². The zero-order chi connectivity index (χ0) is 29.7. The van der Waals surface area contributed by atoms with Crippen LogP contribution in [0.3, 0.4) is 0 Å². The lowest BCUT2D eigenvalue weighted by Crippen LogP contribution is -2.46. The minimum atomic E-state index is -0.712. The van der Waals surface area contributed by atoms with Gasteiger partial charge in [-0.05, 0) is 69.7 Å². The van der Waals surface area contributed by atoms with Crippen LogP contribution < -0.4 is 15.3 Å². The second-order valence-corrected chi connectivity index (χ2v) is 11.2. The van der Waals surface area contributed by atoms with Crippen LogP contribution in [-0.2, 0) is 0 Å². The number of hydrogen-bond acceptors (Lipinski definition) is 9. The Bertz CT molecular complexity index is 1790. The Balaban J connectivity index is 0.000000296. The summed E-state index contributed by atoms with van der Waals surface area (Å²) in [6, 6.07) is 8.16. The van der Waals surface area contributed by atoms with Crippen molar-refractivity contribution in [1.82, 2.24) is 14.9 Å². The predicted octanol–water partition coefficient (Wildman–Crippen LogP) is 5.23. The summed E-state index contributed by atoms with van der Waals surface area (Å²) in [5.41, 5.74) is 0.135. The van der Waals surface area contributed by atoms with E-state index in [0.717, 1.165) is 32.0 Å². The summed E-state index contributed by atoms with van der Waals surface area (Å²) < 4.78 is 38.1. The molecule has 218 valence electrons. The van der Waals surface area contributed by atoms with E-state index in [9.17, 15) is 23.9 Å². The topological polar surface area (TPSA) is 116 Å². The van der Waals surface area contributed by atoms with Gasteiger partial charge in [0.15, 0.2) is 5.82 Å². The molecule has 0 aliphatic carbocycles. The molecule has 1 N–H and O–H groups in total. The van der Waals surface area contributed by atoms with Crippen LogP contribution in [0.2, 0.25) is 0 Å². The van der Waals surface area contributed by atoms with Gasteiger partial charge >= 0.3 is 11.6 Å². The second kappa shape index (κ2) is 10.8. The number of halogens is 2. The van der Waals surface area contributed by atoms with E-state index >= 15 is 0 Å². The van der Waals surface area contributed by atoms with Gasteiger partial charge < -0.3 is 19.2 Å². The molecular weight excluding hydrogens is 544 g/mol. The molecule has 0 bridgehead atoms. The number of nitriles is 1. The van der Waals surface area contributed by atoms with E-state index in [1.807, 2.05) is 17.9 Å². The lowest BCUT2D eigenvalue weighted by molar-refractivity contribution is 0.292. The van der Waals surface area contributed by atoms with Gasteiger partial charge in [-0.25, -0.2) is 13.6 Å². The van der Waals surface area contributed by atoms with E-state index in [2.05, 4.69) is 14.9 Å². The summed E-state index contributed by atoms with van der Waals surface area (Å²) in [6.45, 7) is 6.33. The average Bonchev–Trinajstić information content (AvgIpc) is 3.54. The fraction of sp³-hybridized carbons (Fsp3) is 0.419. The zero-order valence-corrected chi connectivity index (χ0v) is 23.7. The maximum Gasteiger partial charge on any atom is 0.349 e. The van der Waals surface area contributed by atoms with E-state index in [1.165, 1.54) is 38.2 Å². The Labute approximate surface area is 241 Å². The summed E-state index contributed by atoms with van der Waals surface area (Å²) >= 11 is 0. The fourth-order valence-electron chi connectivity index (χ4n) is 6.34.